The Hall–Kier alpha value is -1.19. The molecule has 0 aromatic heterocycles. The maximum atomic E-state index is 12.3. The van der Waals surface area contributed by atoms with Gasteiger partial charge in [0, 0.05) is 32.1 Å². The summed E-state index contributed by atoms with van der Waals surface area (Å²) < 4.78 is 10.4. The molecule has 0 N–H and O–H groups in total. The Kier molecular flexibility index (Phi) is 5.51. The minimum Gasteiger partial charge on any atom is -0.356 e. The van der Waals surface area contributed by atoms with Crippen molar-refractivity contribution in [3.63, 3.8) is 0 Å². The Morgan fingerprint density at radius 2 is 1.83 bits per heavy atom. The summed E-state index contributed by atoms with van der Waals surface area (Å²) >= 11 is 0. The molecular weight excluding hydrogens is 228 g/mol. The Morgan fingerprint density at radius 1 is 1.22 bits per heavy atom. The molecule has 1 rings (SSSR count). The molecule has 18 heavy (non-hydrogen) atoms. The molecule has 3 heteroatoms. The van der Waals surface area contributed by atoms with Crippen LogP contribution in [0.5, 0.6) is 0 Å². The van der Waals surface area contributed by atoms with E-state index in [4.69, 9.17) is 9.47 Å². The van der Waals surface area contributed by atoms with Gasteiger partial charge in [0.05, 0.1) is 0 Å². The van der Waals surface area contributed by atoms with E-state index < -0.39 is 0 Å². The molecule has 3 nitrogen and oxygen atoms in total. The smallest absolute Gasteiger partial charge is 0.163 e. The van der Waals surface area contributed by atoms with Crippen molar-refractivity contribution < 1.29 is 14.3 Å². The first kappa shape index (κ1) is 14.9. The number of hydrogen-bond donors (Lipinski definition) is 0. The number of aryl methyl sites for hydroxylation is 2. The van der Waals surface area contributed by atoms with Gasteiger partial charge in [-0.2, -0.15) is 0 Å². The molecule has 1 unspecified atom stereocenters. The quantitative estimate of drug-likeness (QED) is 0.575. The van der Waals surface area contributed by atoms with Crippen LogP contribution in [0, 0.1) is 19.8 Å². The summed E-state index contributed by atoms with van der Waals surface area (Å²) in [5.41, 5.74) is 2.92. The third-order valence-corrected chi connectivity index (χ3v) is 3.13. The van der Waals surface area contributed by atoms with Crippen molar-refractivity contribution in [2.75, 3.05) is 14.2 Å². The van der Waals surface area contributed by atoms with Crippen molar-refractivity contribution >= 4 is 5.78 Å². The Balaban J connectivity index is 2.79. The molecule has 0 bridgehead atoms. The molecule has 1 aromatic rings. The summed E-state index contributed by atoms with van der Waals surface area (Å²) in [6.45, 7) is 5.91. The fourth-order valence-electron chi connectivity index (χ4n) is 2.10. The monoisotopic (exact) mass is 250 g/mol. The maximum absolute atomic E-state index is 12.3. The zero-order valence-corrected chi connectivity index (χ0v) is 11.8. The molecule has 0 fully saturated rings. The summed E-state index contributed by atoms with van der Waals surface area (Å²) in [5, 5.41) is 0. The van der Waals surface area contributed by atoms with Crippen molar-refractivity contribution in [3.8, 4) is 0 Å². The van der Waals surface area contributed by atoms with E-state index in [2.05, 4.69) is 0 Å². The van der Waals surface area contributed by atoms with Crippen LogP contribution in [0.1, 0.15) is 34.8 Å². The van der Waals surface area contributed by atoms with E-state index >= 15 is 0 Å². The summed E-state index contributed by atoms with van der Waals surface area (Å²) in [6.07, 6.45) is 0.0930. The molecule has 0 amide bonds. The van der Waals surface area contributed by atoms with E-state index in [9.17, 15) is 4.79 Å². The highest BCUT2D eigenvalue weighted by Gasteiger charge is 2.20. The molecule has 1 aromatic carbocycles. The fourth-order valence-corrected chi connectivity index (χ4v) is 2.10. The predicted molar refractivity (Wildman–Crippen MR) is 71.8 cm³/mol. The van der Waals surface area contributed by atoms with Crippen LogP contribution in [0.15, 0.2) is 18.2 Å². The molecule has 0 saturated carbocycles. The van der Waals surface area contributed by atoms with Gasteiger partial charge < -0.3 is 9.47 Å². The predicted octanol–water partition coefficient (Wildman–Crippen LogP) is 3.13. The van der Waals surface area contributed by atoms with E-state index in [1.165, 1.54) is 0 Å². The molecule has 0 saturated heterocycles. The lowest BCUT2D eigenvalue weighted by Crippen LogP contribution is -2.25. The van der Waals surface area contributed by atoms with Crippen LogP contribution < -0.4 is 0 Å². The van der Waals surface area contributed by atoms with E-state index in [0.29, 0.717) is 6.42 Å². The second-order valence-corrected chi connectivity index (χ2v) is 4.76. The van der Waals surface area contributed by atoms with Gasteiger partial charge in [-0.25, -0.2) is 0 Å². The number of carbonyl (C=O) groups excluding carboxylic acids is 1. The van der Waals surface area contributed by atoms with Gasteiger partial charge in [0.15, 0.2) is 12.1 Å². The lowest BCUT2D eigenvalue weighted by Gasteiger charge is -2.20. The van der Waals surface area contributed by atoms with Gasteiger partial charge in [-0.15, -0.1) is 0 Å². The second kappa shape index (κ2) is 6.66. The SMILES string of the molecule is COC(OC)C(C)CC(=O)c1cc(C)ccc1C. The van der Waals surface area contributed by atoms with Crippen LogP contribution in [0.2, 0.25) is 0 Å². The molecule has 0 radical (unpaired) electrons. The number of benzene rings is 1. The summed E-state index contributed by atoms with van der Waals surface area (Å²) in [7, 11) is 3.18. The van der Waals surface area contributed by atoms with Crippen molar-refractivity contribution in [3.05, 3.63) is 34.9 Å². The summed E-state index contributed by atoms with van der Waals surface area (Å²) in [6, 6.07) is 5.94. The number of methoxy groups -OCH3 is 2. The number of ether oxygens (including phenoxy) is 2. The number of Topliss-reactive ketones (excluding diaryl/α,β-unsaturated/α-hetero) is 1. The van der Waals surface area contributed by atoms with E-state index in [1.54, 1.807) is 14.2 Å². The van der Waals surface area contributed by atoms with Gasteiger partial charge in [-0.05, 0) is 25.5 Å². The summed E-state index contributed by atoms with van der Waals surface area (Å²) in [4.78, 5) is 12.3. The molecule has 1 atom stereocenters. The largest absolute Gasteiger partial charge is 0.356 e. The van der Waals surface area contributed by atoms with Crippen molar-refractivity contribution in [2.24, 2.45) is 5.92 Å². The third-order valence-electron chi connectivity index (χ3n) is 3.13. The van der Waals surface area contributed by atoms with E-state index in [0.717, 1.165) is 16.7 Å². The molecular formula is C15H22O3. The Bertz CT molecular complexity index is 408. The van der Waals surface area contributed by atoms with Crippen LogP contribution in [0.3, 0.4) is 0 Å². The first-order valence-corrected chi connectivity index (χ1v) is 6.15. The van der Waals surface area contributed by atoms with Crippen LogP contribution in [0.4, 0.5) is 0 Å². The lowest BCUT2D eigenvalue weighted by atomic mass is 9.95. The highest BCUT2D eigenvalue weighted by atomic mass is 16.7. The average molecular weight is 250 g/mol. The molecule has 100 valence electrons. The molecule has 0 aliphatic heterocycles. The average Bonchev–Trinajstić information content (AvgIpc) is 2.33. The van der Waals surface area contributed by atoms with Crippen molar-refractivity contribution in [2.45, 2.75) is 33.5 Å². The first-order valence-electron chi connectivity index (χ1n) is 6.15. The van der Waals surface area contributed by atoms with Crippen LogP contribution in [0.25, 0.3) is 0 Å². The number of hydrogen-bond acceptors (Lipinski definition) is 3. The van der Waals surface area contributed by atoms with E-state index in [1.807, 2.05) is 39.0 Å². The standard InChI is InChI=1S/C15H22O3/c1-10-6-7-11(2)13(8-10)14(16)9-12(3)15(17-4)18-5/h6-8,12,15H,9H2,1-5H3. The number of carbonyl (C=O) groups is 1. The van der Waals surface area contributed by atoms with Gasteiger partial charge in [0.1, 0.15) is 0 Å². The number of ketones is 1. The first-order chi connectivity index (χ1) is 8.49. The minimum absolute atomic E-state index is 0.0346. The highest BCUT2D eigenvalue weighted by Crippen LogP contribution is 2.19. The topological polar surface area (TPSA) is 35.5 Å². The van der Waals surface area contributed by atoms with Crippen LogP contribution in [-0.2, 0) is 9.47 Å². The zero-order chi connectivity index (χ0) is 13.7. The van der Waals surface area contributed by atoms with Gasteiger partial charge in [-0.1, -0.05) is 24.6 Å². The Labute approximate surface area is 109 Å². The third kappa shape index (κ3) is 3.65. The van der Waals surface area contributed by atoms with Crippen molar-refractivity contribution in [1.29, 1.82) is 0 Å². The fraction of sp³-hybridized carbons (Fsp3) is 0.533. The lowest BCUT2D eigenvalue weighted by molar-refractivity contribution is -0.132. The van der Waals surface area contributed by atoms with Crippen LogP contribution in [-0.4, -0.2) is 26.3 Å². The molecule has 0 spiro atoms. The van der Waals surface area contributed by atoms with Gasteiger partial charge in [0.2, 0.25) is 0 Å². The second-order valence-electron chi connectivity index (χ2n) is 4.76. The Morgan fingerprint density at radius 3 is 2.39 bits per heavy atom. The highest BCUT2D eigenvalue weighted by molar-refractivity contribution is 5.97. The van der Waals surface area contributed by atoms with E-state index in [-0.39, 0.29) is 18.0 Å². The van der Waals surface area contributed by atoms with Gasteiger partial charge >= 0.3 is 0 Å². The van der Waals surface area contributed by atoms with Gasteiger partial charge in [-0.3, -0.25) is 4.79 Å². The van der Waals surface area contributed by atoms with Crippen LogP contribution >= 0.6 is 0 Å². The molecule has 0 aliphatic rings. The van der Waals surface area contributed by atoms with Gasteiger partial charge in [0.25, 0.3) is 0 Å². The maximum Gasteiger partial charge on any atom is 0.163 e. The summed E-state index contributed by atoms with van der Waals surface area (Å²) in [5.74, 6) is 0.176. The minimum atomic E-state index is -0.334. The normalized spacial score (nSPS) is 12.8. The van der Waals surface area contributed by atoms with Crippen molar-refractivity contribution in [1.82, 2.24) is 0 Å². The zero-order valence-electron chi connectivity index (χ0n) is 11.8. The number of rotatable bonds is 6. The molecule has 0 aliphatic carbocycles. The molecule has 0 heterocycles.